The summed E-state index contributed by atoms with van der Waals surface area (Å²) in [6, 6.07) is 9.24. The number of sulfone groups is 1. The molecule has 116 valence electrons. The van der Waals surface area contributed by atoms with Crippen molar-refractivity contribution in [3.63, 3.8) is 0 Å². The molecule has 0 fully saturated rings. The molecule has 0 aliphatic heterocycles. The van der Waals surface area contributed by atoms with Crippen LogP contribution in [0.5, 0.6) is 0 Å². The molecular weight excluding hydrogens is 341 g/mol. The number of benzene rings is 1. The predicted octanol–water partition coefficient (Wildman–Crippen LogP) is -0.342. The van der Waals surface area contributed by atoms with Gasteiger partial charge in [-0.15, -0.1) is 23.2 Å². The fraction of sp³-hybridized carbons (Fsp3) is 0.538. The standard InChI is InChI=1S/C13H20Cl2NO2S.ClH/c1-16(10-8-14,11-9-15)13(19(2,17)18)12-6-4-3-5-7-12;/h3-7,13H,8-11H2,1-2H3;1H/q+1;/p-1. The van der Waals surface area contributed by atoms with Crippen molar-refractivity contribution in [2.24, 2.45) is 0 Å². The van der Waals surface area contributed by atoms with Crippen molar-refractivity contribution in [1.82, 2.24) is 0 Å². The molecule has 7 heteroatoms. The van der Waals surface area contributed by atoms with Crippen LogP contribution in [0.1, 0.15) is 10.9 Å². The molecule has 1 atom stereocenters. The van der Waals surface area contributed by atoms with E-state index < -0.39 is 15.2 Å². The van der Waals surface area contributed by atoms with Crippen LogP contribution in [-0.4, -0.2) is 51.1 Å². The van der Waals surface area contributed by atoms with Gasteiger partial charge in [0.1, 0.15) is 0 Å². The van der Waals surface area contributed by atoms with E-state index in [1.807, 2.05) is 37.4 Å². The van der Waals surface area contributed by atoms with Crippen molar-refractivity contribution in [2.45, 2.75) is 5.37 Å². The first-order valence-electron chi connectivity index (χ1n) is 6.05. The highest BCUT2D eigenvalue weighted by atomic mass is 35.5. The van der Waals surface area contributed by atoms with Gasteiger partial charge in [0.2, 0.25) is 15.2 Å². The third kappa shape index (κ3) is 5.08. The topological polar surface area (TPSA) is 34.1 Å². The maximum atomic E-state index is 12.2. The lowest BCUT2D eigenvalue weighted by Gasteiger charge is -2.40. The number of halogens is 3. The summed E-state index contributed by atoms with van der Waals surface area (Å²) in [6.45, 7) is 1.11. The van der Waals surface area contributed by atoms with Gasteiger partial charge in [-0.1, -0.05) is 30.3 Å². The van der Waals surface area contributed by atoms with Gasteiger partial charge in [-0.05, 0) is 0 Å². The average Bonchev–Trinajstić information content (AvgIpc) is 2.28. The molecule has 1 unspecified atom stereocenters. The van der Waals surface area contributed by atoms with Gasteiger partial charge in [0.25, 0.3) is 0 Å². The largest absolute Gasteiger partial charge is 1.00 e. The van der Waals surface area contributed by atoms with Crippen molar-refractivity contribution in [1.29, 1.82) is 0 Å². The minimum Gasteiger partial charge on any atom is -1.00 e. The number of alkyl halides is 2. The zero-order valence-corrected chi connectivity index (χ0v) is 14.7. The normalized spacial score (nSPS) is 13.6. The Hall–Kier alpha value is -0.000000000000000167. The highest BCUT2D eigenvalue weighted by Gasteiger charge is 2.40. The van der Waals surface area contributed by atoms with Gasteiger partial charge in [-0.3, -0.25) is 0 Å². The molecule has 0 aliphatic rings. The van der Waals surface area contributed by atoms with Crippen LogP contribution in [0.25, 0.3) is 0 Å². The quantitative estimate of drug-likeness (QED) is 0.492. The van der Waals surface area contributed by atoms with Gasteiger partial charge in [0.15, 0.2) is 0 Å². The molecule has 0 radical (unpaired) electrons. The maximum absolute atomic E-state index is 12.2. The van der Waals surface area contributed by atoms with Crippen LogP contribution in [0.15, 0.2) is 30.3 Å². The molecule has 0 aliphatic carbocycles. The van der Waals surface area contributed by atoms with Crippen LogP contribution >= 0.6 is 23.2 Å². The first kappa shape index (κ1) is 20.0. The number of rotatable bonds is 7. The number of hydrogen-bond acceptors (Lipinski definition) is 2. The van der Waals surface area contributed by atoms with E-state index in [-0.39, 0.29) is 12.4 Å². The van der Waals surface area contributed by atoms with Gasteiger partial charge in [-0.2, -0.15) is 0 Å². The minimum absolute atomic E-state index is 0. The molecule has 0 heterocycles. The van der Waals surface area contributed by atoms with Crippen LogP contribution in [0.4, 0.5) is 0 Å². The monoisotopic (exact) mass is 359 g/mol. The Bertz CT molecular complexity index is 488. The van der Waals surface area contributed by atoms with E-state index >= 15 is 0 Å². The predicted molar refractivity (Wildman–Crippen MR) is 81.4 cm³/mol. The molecule has 0 saturated carbocycles. The third-order valence-electron chi connectivity index (χ3n) is 3.25. The first-order chi connectivity index (χ1) is 8.85. The molecule has 20 heavy (non-hydrogen) atoms. The Morgan fingerprint density at radius 3 is 1.90 bits per heavy atom. The molecule has 0 N–H and O–H groups in total. The van der Waals surface area contributed by atoms with Gasteiger partial charge in [-0.25, -0.2) is 8.42 Å². The van der Waals surface area contributed by atoms with E-state index in [0.29, 0.717) is 29.3 Å². The molecule has 0 spiro atoms. The summed E-state index contributed by atoms with van der Waals surface area (Å²) in [5, 5.41) is -0.633. The molecule has 0 bridgehead atoms. The van der Waals surface area contributed by atoms with Gasteiger partial charge in [0, 0.05) is 11.8 Å². The van der Waals surface area contributed by atoms with Crippen molar-refractivity contribution in [3.8, 4) is 0 Å². The van der Waals surface area contributed by atoms with Crippen LogP contribution in [0.2, 0.25) is 0 Å². The maximum Gasteiger partial charge on any atom is 0.215 e. The molecule has 0 amide bonds. The molecule has 0 aromatic heterocycles. The van der Waals surface area contributed by atoms with E-state index in [1.165, 1.54) is 6.26 Å². The lowest BCUT2D eigenvalue weighted by Crippen LogP contribution is -3.00. The van der Waals surface area contributed by atoms with E-state index in [0.717, 1.165) is 5.56 Å². The fourth-order valence-corrected chi connectivity index (χ4v) is 4.98. The molecular formula is C13H20Cl3NO2S. The van der Waals surface area contributed by atoms with Crippen LogP contribution < -0.4 is 12.4 Å². The Balaban J connectivity index is 0.00000361. The molecule has 3 nitrogen and oxygen atoms in total. The van der Waals surface area contributed by atoms with Crippen molar-refractivity contribution in [3.05, 3.63) is 35.9 Å². The minimum atomic E-state index is -3.27. The van der Waals surface area contributed by atoms with Crippen LogP contribution in [0, 0.1) is 0 Å². The summed E-state index contributed by atoms with van der Waals surface area (Å²) in [5.41, 5.74) is 0.780. The zero-order chi connectivity index (χ0) is 14.5. The first-order valence-corrected chi connectivity index (χ1v) is 9.07. The van der Waals surface area contributed by atoms with Crippen LogP contribution in [-0.2, 0) is 9.84 Å². The molecule has 0 saturated heterocycles. The summed E-state index contributed by atoms with van der Waals surface area (Å²) >= 11 is 11.7. The molecule has 1 rings (SSSR count). The summed E-state index contributed by atoms with van der Waals surface area (Å²) in [7, 11) is -1.37. The van der Waals surface area contributed by atoms with Crippen molar-refractivity contribution < 1.29 is 25.3 Å². The second-order valence-corrected chi connectivity index (χ2v) is 7.76. The third-order valence-corrected chi connectivity index (χ3v) is 5.18. The van der Waals surface area contributed by atoms with Crippen molar-refractivity contribution >= 4 is 33.0 Å². The van der Waals surface area contributed by atoms with E-state index in [1.54, 1.807) is 0 Å². The zero-order valence-electron chi connectivity index (χ0n) is 11.6. The Morgan fingerprint density at radius 2 is 1.55 bits per heavy atom. The van der Waals surface area contributed by atoms with Gasteiger partial charge >= 0.3 is 0 Å². The van der Waals surface area contributed by atoms with Gasteiger partial charge in [0.05, 0.1) is 31.9 Å². The lowest BCUT2D eigenvalue weighted by atomic mass is 10.2. The summed E-state index contributed by atoms with van der Waals surface area (Å²) < 4.78 is 24.8. The second kappa shape index (κ2) is 8.44. The summed E-state index contributed by atoms with van der Waals surface area (Å²) in [4.78, 5) is 0. The van der Waals surface area contributed by atoms with E-state index in [4.69, 9.17) is 23.2 Å². The summed E-state index contributed by atoms with van der Waals surface area (Å²) in [6.07, 6.45) is 1.27. The fourth-order valence-electron chi connectivity index (χ4n) is 2.42. The molecule has 1 aromatic carbocycles. The Morgan fingerprint density at radius 1 is 1.10 bits per heavy atom. The second-order valence-electron chi connectivity index (χ2n) is 4.90. The lowest BCUT2D eigenvalue weighted by molar-refractivity contribution is -0.921. The van der Waals surface area contributed by atoms with E-state index in [2.05, 4.69) is 0 Å². The molecule has 1 aromatic rings. The van der Waals surface area contributed by atoms with Crippen LogP contribution in [0.3, 0.4) is 0 Å². The Kier molecular flexibility index (Phi) is 8.44. The highest BCUT2D eigenvalue weighted by molar-refractivity contribution is 7.90. The highest BCUT2D eigenvalue weighted by Crippen LogP contribution is 2.31. The Labute approximate surface area is 137 Å². The number of hydrogen-bond donors (Lipinski definition) is 0. The van der Waals surface area contributed by atoms with Gasteiger partial charge < -0.3 is 16.9 Å². The van der Waals surface area contributed by atoms with E-state index in [9.17, 15) is 8.42 Å². The average molecular weight is 361 g/mol. The van der Waals surface area contributed by atoms with Crippen molar-refractivity contribution in [2.75, 3.05) is 38.2 Å². The SMILES string of the molecule is C[N+](CCCl)(CCCl)C(c1ccccc1)S(C)(=O)=O.[Cl-]. The smallest absolute Gasteiger partial charge is 0.215 e. The number of quaternary nitrogens is 1. The summed E-state index contributed by atoms with van der Waals surface area (Å²) in [5.74, 6) is 0.790. The number of nitrogens with zero attached hydrogens (tertiary/aromatic N) is 1.